The number of nitrogens with zero attached hydrogens (tertiary/aromatic N) is 2. The molecule has 0 aliphatic rings. The number of aromatic nitrogens is 2. The van der Waals surface area contributed by atoms with Crippen LogP contribution in [0.3, 0.4) is 0 Å². The Balaban J connectivity index is 1.72. The highest BCUT2D eigenvalue weighted by Crippen LogP contribution is 2.23. The third-order valence-corrected chi connectivity index (χ3v) is 4.77. The SMILES string of the molecule is CS(=O)(=O)Cc1ccccc1NCc1noc(-c2cccs2)n1. The first-order valence-electron chi connectivity index (χ1n) is 6.87. The second-order valence-corrected chi connectivity index (χ2v) is 8.16. The Bertz CT molecular complexity index is 886. The summed E-state index contributed by atoms with van der Waals surface area (Å²) < 4.78 is 28.2. The average Bonchev–Trinajstić information content (AvgIpc) is 3.16. The smallest absolute Gasteiger partial charge is 0.268 e. The molecule has 1 N–H and O–H groups in total. The summed E-state index contributed by atoms with van der Waals surface area (Å²) in [5.41, 5.74) is 1.47. The van der Waals surface area contributed by atoms with E-state index in [0.717, 1.165) is 16.1 Å². The average molecular weight is 349 g/mol. The molecule has 0 bridgehead atoms. The number of rotatable bonds is 6. The Morgan fingerprint density at radius 3 is 2.78 bits per heavy atom. The van der Waals surface area contributed by atoms with E-state index < -0.39 is 9.84 Å². The Hall–Kier alpha value is -2.19. The lowest BCUT2D eigenvalue weighted by molar-refractivity contribution is 0.424. The van der Waals surface area contributed by atoms with Crippen LogP contribution >= 0.6 is 11.3 Å². The monoisotopic (exact) mass is 349 g/mol. The van der Waals surface area contributed by atoms with E-state index in [-0.39, 0.29) is 5.75 Å². The van der Waals surface area contributed by atoms with Crippen molar-refractivity contribution in [3.63, 3.8) is 0 Å². The minimum atomic E-state index is -3.10. The van der Waals surface area contributed by atoms with Gasteiger partial charge in [0.15, 0.2) is 15.7 Å². The van der Waals surface area contributed by atoms with Gasteiger partial charge in [0, 0.05) is 11.9 Å². The maximum Gasteiger partial charge on any atom is 0.268 e. The fraction of sp³-hybridized carbons (Fsp3) is 0.200. The van der Waals surface area contributed by atoms with Crippen molar-refractivity contribution in [2.45, 2.75) is 12.3 Å². The zero-order valence-corrected chi connectivity index (χ0v) is 14.0. The molecule has 0 atom stereocenters. The minimum absolute atomic E-state index is 0.0110. The van der Waals surface area contributed by atoms with Gasteiger partial charge in [0.25, 0.3) is 5.89 Å². The zero-order chi connectivity index (χ0) is 16.3. The molecule has 0 radical (unpaired) electrons. The van der Waals surface area contributed by atoms with Crippen molar-refractivity contribution >= 4 is 26.9 Å². The summed E-state index contributed by atoms with van der Waals surface area (Å²) in [6.45, 7) is 0.357. The summed E-state index contributed by atoms with van der Waals surface area (Å²) in [4.78, 5) is 5.24. The van der Waals surface area contributed by atoms with Crippen molar-refractivity contribution in [3.8, 4) is 10.8 Å². The molecule has 0 fully saturated rings. The normalized spacial score (nSPS) is 11.5. The summed E-state index contributed by atoms with van der Waals surface area (Å²) in [6, 6.07) is 11.1. The molecule has 0 unspecified atom stereocenters. The predicted octanol–water partition coefficient (Wildman–Crippen LogP) is 2.95. The van der Waals surface area contributed by atoms with Gasteiger partial charge in [-0.15, -0.1) is 11.3 Å². The van der Waals surface area contributed by atoms with Crippen LogP contribution in [0.4, 0.5) is 5.69 Å². The Morgan fingerprint density at radius 2 is 2.04 bits per heavy atom. The van der Waals surface area contributed by atoms with Gasteiger partial charge in [-0.25, -0.2) is 8.42 Å². The van der Waals surface area contributed by atoms with Crippen molar-refractivity contribution in [1.29, 1.82) is 0 Å². The molecule has 0 saturated carbocycles. The molecule has 3 aromatic rings. The van der Waals surface area contributed by atoms with Crippen LogP contribution in [0.25, 0.3) is 10.8 Å². The zero-order valence-electron chi connectivity index (χ0n) is 12.4. The summed E-state index contributed by atoms with van der Waals surface area (Å²) >= 11 is 1.53. The molecule has 0 saturated heterocycles. The van der Waals surface area contributed by atoms with E-state index >= 15 is 0 Å². The highest BCUT2D eigenvalue weighted by atomic mass is 32.2. The van der Waals surface area contributed by atoms with Crippen LogP contribution in [0, 0.1) is 0 Å². The molecule has 23 heavy (non-hydrogen) atoms. The number of nitrogens with one attached hydrogen (secondary N) is 1. The predicted molar refractivity (Wildman–Crippen MR) is 89.9 cm³/mol. The Morgan fingerprint density at radius 1 is 1.22 bits per heavy atom. The van der Waals surface area contributed by atoms with E-state index in [1.54, 1.807) is 6.07 Å². The Labute approximate surface area is 138 Å². The summed E-state index contributed by atoms with van der Waals surface area (Å²) in [7, 11) is -3.10. The van der Waals surface area contributed by atoms with Gasteiger partial charge in [-0.05, 0) is 23.1 Å². The molecule has 0 amide bonds. The first-order valence-corrected chi connectivity index (χ1v) is 9.81. The summed E-state index contributed by atoms with van der Waals surface area (Å²) in [5.74, 6) is 0.992. The largest absolute Gasteiger partial charge is 0.377 e. The van der Waals surface area contributed by atoms with Crippen LogP contribution in [-0.4, -0.2) is 24.8 Å². The van der Waals surface area contributed by atoms with Crippen LogP contribution in [0.2, 0.25) is 0 Å². The number of hydrogen-bond donors (Lipinski definition) is 1. The lowest BCUT2D eigenvalue weighted by Crippen LogP contribution is -2.07. The minimum Gasteiger partial charge on any atom is -0.377 e. The van der Waals surface area contributed by atoms with Gasteiger partial charge in [0.05, 0.1) is 17.2 Å². The molecule has 2 heterocycles. The fourth-order valence-corrected chi connectivity index (χ4v) is 3.56. The Kier molecular flexibility index (Phi) is 4.44. The molecular weight excluding hydrogens is 334 g/mol. The third-order valence-electron chi connectivity index (χ3n) is 3.07. The summed E-state index contributed by atoms with van der Waals surface area (Å²) in [5, 5.41) is 9.04. The molecule has 0 spiro atoms. The highest BCUT2D eigenvalue weighted by molar-refractivity contribution is 7.89. The second-order valence-electron chi connectivity index (χ2n) is 5.07. The summed E-state index contributed by atoms with van der Waals surface area (Å²) in [6.07, 6.45) is 1.22. The lowest BCUT2D eigenvalue weighted by Gasteiger charge is -2.09. The third kappa shape index (κ3) is 4.17. The van der Waals surface area contributed by atoms with Crippen molar-refractivity contribution in [2.75, 3.05) is 11.6 Å². The number of hydrogen-bond acceptors (Lipinski definition) is 7. The molecule has 0 aliphatic heterocycles. The van der Waals surface area contributed by atoms with E-state index in [9.17, 15) is 8.42 Å². The number of anilines is 1. The van der Waals surface area contributed by atoms with E-state index in [2.05, 4.69) is 15.5 Å². The standard InChI is InChI=1S/C15H15N3O3S2/c1-23(19,20)10-11-5-2-3-6-12(11)16-9-14-17-15(21-18-14)13-7-4-8-22-13/h2-8,16H,9-10H2,1H3. The molecular formula is C15H15N3O3S2. The van der Waals surface area contributed by atoms with E-state index in [1.807, 2.05) is 35.7 Å². The molecule has 120 valence electrons. The van der Waals surface area contributed by atoms with Crippen molar-refractivity contribution in [3.05, 3.63) is 53.2 Å². The lowest BCUT2D eigenvalue weighted by atomic mass is 10.2. The van der Waals surface area contributed by atoms with Gasteiger partial charge in [0.1, 0.15) is 0 Å². The van der Waals surface area contributed by atoms with Crippen LogP contribution < -0.4 is 5.32 Å². The van der Waals surface area contributed by atoms with E-state index in [4.69, 9.17) is 4.52 Å². The second kappa shape index (κ2) is 6.51. The quantitative estimate of drug-likeness (QED) is 0.736. The molecule has 1 aromatic carbocycles. The van der Waals surface area contributed by atoms with Gasteiger partial charge < -0.3 is 9.84 Å². The number of benzene rings is 1. The molecule has 8 heteroatoms. The van der Waals surface area contributed by atoms with Crippen molar-refractivity contribution in [2.24, 2.45) is 0 Å². The van der Waals surface area contributed by atoms with Gasteiger partial charge in [-0.1, -0.05) is 29.4 Å². The van der Waals surface area contributed by atoms with Crippen molar-refractivity contribution in [1.82, 2.24) is 10.1 Å². The highest BCUT2D eigenvalue weighted by Gasteiger charge is 2.12. The van der Waals surface area contributed by atoms with Gasteiger partial charge >= 0.3 is 0 Å². The molecule has 0 aliphatic carbocycles. The molecule has 2 aromatic heterocycles. The van der Waals surface area contributed by atoms with Gasteiger partial charge in [-0.3, -0.25) is 0 Å². The first kappa shape index (κ1) is 15.7. The van der Waals surface area contributed by atoms with Crippen LogP contribution in [0.5, 0.6) is 0 Å². The van der Waals surface area contributed by atoms with E-state index in [0.29, 0.717) is 18.3 Å². The van der Waals surface area contributed by atoms with Crippen LogP contribution in [0.1, 0.15) is 11.4 Å². The van der Waals surface area contributed by atoms with Gasteiger partial charge in [0.2, 0.25) is 0 Å². The maximum atomic E-state index is 11.5. The van der Waals surface area contributed by atoms with Crippen LogP contribution in [-0.2, 0) is 22.1 Å². The number of sulfone groups is 1. The van der Waals surface area contributed by atoms with Gasteiger partial charge in [-0.2, -0.15) is 4.98 Å². The number of thiophene rings is 1. The fourth-order valence-electron chi connectivity index (χ4n) is 2.10. The molecule has 3 rings (SSSR count). The first-order chi connectivity index (χ1) is 11.0. The topological polar surface area (TPSA) is 85.1 Å². The number of para-hydroxylation sites is 1. The molecule has 6 nitrogen and oxygen atoms in total. The van der Waals surface area contributed by atoms with Crippen LogP contribution in [0.15, 0.2) is 46.3 Å². The van der Waals surface area contributed by atoms with Crippen molar-refractivity contribution < 1.29 is 12.9 Å². The maximum absolute atomic E-state index is 11.5. The van der Waals surface area contributed by atoms with E-state index in [1.165, 1.54) is 17.6 Å².